The number of carbonyl (C=O) groups is 2. The summed E-state index contributed by atoms with van der Waals surface area (Å²) in [5.41, 5.74) is 0.436. The average Bonchev–Trinajstić information content (AvgIpc) is 2.89. The van der Waals surface area contributed by atoms with E-state index < -0.39 is 18.0 Å². The smallest absolute Gasteiger partial charge is 0.331 e. The Morgan fingerprint density at radius 1 is 1.52 bits per heavy atom. The Kier molecular flexibility index (Phi) is 5.15. The fraction of sp³-hybridized carbons (Fsp3) is 0.615. The van der Waals surface area contributed by atoms with Crippen molar-refractivity contribution in [3.63, 3.8) is 0 Å². The molecule has 1 aromatic rings. The van der Waals surface area contributed by atoms with Crippen molar-refractivity contribution in [1.82, 2.24) is 20.4 Å². The summed E-state index contributed by atoms with van der Waals surface area (Å²) in [6, 6.07) is -1.59. The largest absolute Gasteiger partial charge is 0.479 e. The summed E-state index contributed by atoms with van der Waals surface area (Å²) in [6.07, 6.45) is 4.81. The van der Waals surface area contributed by atoms with Gasteiger partial charge in [0, 0.05) is 38.6 Å². The number of ether oxygens (including phenoxy) is 1. The minimum Gasteiger partial charge on any atom is -0.479 e. The van der Waals surface area contributed by atoms with Gasteiger partial charge < -0.3 is 20.5 Å². The fourth-order valence-corrected chi connectivity index (χ4v) is 2.25. The van der Waals surface area contributed by atoms with E-state index in [4.69, 9.17) is 4.74 Å². The van der Waals surface area contributed by atoms with Crippen LogP contribution in [-0.4, -0.2) is 46.6 Å². The van der Waals surface area contributed by atoms with Crippen LogP contribution in [0.1, 0.15) is 24.4 Å². The molecule has 3 N–H and O–H groups in total. The first-order chi connectivity index (χ1) is 10.1. The second-order valence-corrected chi connectivity index (χ2v) is 5.13. The summed E-state index contributed by atoms with van der Waals surface area (Å²) in [4.78, 5) is 23.1. The molecule has 0 radical (unpaired) electrons. The molecule has 8 heteroatoms. The summed E-state index contributed by atoms with van der Waals surface area (Å²) in [5, 5.41) is 18.3. The van der Waals surface area contributed by atoms with Crippen LogP contribution >= 0.6 is 0 Å². The monoisotopic (exact) mass is 296 g/mol. The molecule has 0 spiro atoms. The number of amides is 2. The first-order valence-electron chi connectivity index (χ1n) is 6.89. The Morgan fingerprint density at radius 3 is 2.81 bits per heavy atom. The number of aromatic nitrogens is 2. The lowest BCUT2D eigenvalue weighted by Gasteiger charge is -2.22. The topological polar surface area (TPSA) is 105 Å². The van der Waals surface area contributed by atoms with Crippen molar-refractivity contribution in [2.75, 3.05) is 19.8 Å². The van der Waals surface area contributed by atoms with Crippen LogP contribution in [-0.2, 0) is 16.6 Å². The van der Waals surface area contributed by atoms with Crippen LogP contribution in [0.25, 0.3) is 0 Å². The third-order valence-electron chi connectivity index (χ3n) is 3.47. The number of hydrogen-bond donors (Lipinski definition) is 3. The van der Waals surface area contributed by atoms with Gasteiger partial charge in [-0.15, -0.1) is 0 Å². The highest BCUT2D eigenvalue weighted by Gasteiger charge is 2.24. The molecule has 1 unspecified atom stereocenters. The lowest BCUT2D eigenvalue weighted by molar-refractivity contribution is -0.139. The van der Waals surface area contributed by atoms with E-state index in [1.807, 2.05) is 0 Å². The molecule has 0 aliphatic carbocycles. The maximum absolute atomic E-state index is 11.8. The van der Waals surface area contributed by atoms with Crippen molar-refractivity contribution in [1.29, 1.82) is 0 Å². The molecule has 2 heterocycles. The van der Waals surface area contributed by atoms with Crippen LogP contribution in [0.15, 0.2) is 12.4 Å². The number of nitrogens with zero attached hydrogens (tertiary/aromatic N) is 2. The van der Waals surface area contributed by atoms with E-state index in [1.165, 1.54) is 10.9 Å². The zero-order valence-corrected chi connectivity index (χ0v) is 11.9. The highest BCUT2D eigenvalue weighted by molar-refractivity contribution is 5.83. The minimum absolute atomic E-state index is 0.381. The Labute approximate surface area is 122 Å². The highest BCUT2D eigenvalue weighted by atomic mass is 16.5. The standard InChI is InChI=1S/C13H20N4O4/c1-17-8-10(7-15-17)11(12(18)19)16-13(20)14-6-9-2-4-21-5-3-9/h7-9,11H,2-6H2,1H3,(H,18,19)(H2,14,16,20). The number of aliphatic carboxylic acids is 1. The molecule has 8 nitrogen and oxygen atoms in total. The van der Waals surface area contributed by atoms with Gasteiger partial charge in [0.15, 0.2) is 6.04 Å². The van der Waals surface area contributed by atoms with E-state index in [-0.39, 0.29) is 0 Å². The van der Waals surface area contributed by atoms with Gasteiger partial charge in [-0.3, -0.25) is 4.68 Å². The van der Waals surface area contributed by atoms with Crippen molar-refractivity contribution in [3.05, 3.63) is 18.0 Å². The molecule has 1 aliphatic rings. The van der Waals surface area contributed by atoms with Gasteiger partial charge >= 0.3 is 12.0 Å². The van der Waals surface area contributed by atoms with E-state index >= 15 is 0 Å². The Bertz CT molecular complexity index is 496. The molecule has 1 atom stereocenters. The number of hydrogen-bond acceptors (Lipinski definition) is 4. The maximum atomic E-state index is 11.8. The summed E-state index contributed by atoms with van der Waals surface area (Å²) >= 11 is 0. The van der Waals surface area contributed by atoms with Crippen molar-refractivity contribution in [3.8, 4) is 0 Å². The van der Waals surface area contributed by atoms with Gasteiger partial charge in [-0.25, -0.2) is 9.59 Å². The van der Waals surface area contributed by atoms with E-state index in [0.717, 1.165) is 12.8 Å². The molecule has 1 aromatic heterocycles. The average molecular weight is 296 g/mol. The highest BCUT2D eigenvalue weighted by Crippen LogP contribution is 2.14. The molecular weight excluding hydrogens is 276 g/mol. The molecular formula is C13H20N4O4. The van der Waals surface area contributed by atoms with E-state index in [1.54, 1.807) is 13.2 Å². The van der Waals surface area contributed by atoms with Gasteiger partial charge in [0.05, 0.1) is 6.20 Å². The molecule has 116 valence electrons. The summed E-state index contributed by atoms with van der Waals surface area (Å²) in [6.45, 7) is 1.94. The molecule has 0 saturated carbocycles. The predicted octanol–water partition coefficient (Wildman–Crippen LogP) is 0.272. The molecule has 0 aromatic carbocycles. The van der Waals surface area contributed by atoms with Gasteiger partial charge in [-0.2, -0.15) is 5.10 Å². The quantitative estimate of drug-likeness (QED) is 0.723. The lowest BCUT2D eigenvalue weighted by atomic mass is 10.0. The first-order valence-corrected chi connectivity index (χ1v) is 6.89. The van der Waals surface area contributed by atoms with Gasteiger partial charge in [0.1, 0.15) is 0 Å². The molecule has 1 fully saturated rings. The number of carboxylic acids is 1. The Balaban J connectivity index is 1.85. The lowest BCUT2D eigenvalue weighted by Crippen LogP contribution is -2.43. The number of carbonyl (C=O) groups excluding carboxylic acids is 1. The summed E-state index contributed by atoms with van der Waals surface area (Å²) in [7, 11) is 1.69. The number of carboxylic acid groups (broad SMARTS) is 1. The molecule has 1 aliphatic heterocycles. The fourth-order valence-electron chi connectivity index (χ4n) is 2.25. The minimum atomic E-state index is -1.12. The van der Waals surface area contributed by atoms with Crippen LogP contribution in [0.2, 0.25) is 0 Å². The van der Waals surface area contributed by atoms with Crippen molar-refractivity contribution in [2.45, 2.75) is 18.9 Å². The van der Waals surface area contributed by atoms with E-state index in [2.05, 4.69) is 15.7 Å². The number of rotatable bonds is 5. The SMILES string of the molecule is Cn1cc(C(NC(=O)NCC2CCOCC2)C(=O)O)cn1. The van der Waals surface area contributed by atoms with E-state index in [9.17, 15) is 14.7 Å². The Morgan fingerprint density at radius 2 is 2.24 bits per heavy atom. The van der Waals surface area contributed by atoms with Gasteiger partial charge in [0.25, 0.3) is 0 Å². The van der Waals surface area contributed by atoms with Gasteiger partial charge in [-0.05, 0) is 18.8 Å². The summed E-state index contributed by atoms with van der Waals surface area (Å²) in [5.74, 6) is -0.740. The zero-order valence-electron chi connectivity index (χ0n) is 11.9. The molecule has 21 heavy (non-hydrogen) atoms. The molecule has 0 bridgehead atoms. The predicted molar refractivity (Wildman–Crippen MR) is 73.7 cm³/mol. The van der Waals surface area contributed by atoms with Crippen LogP contribution in [0.5, 0.6) is 0 Å². The first kappa shape index (κ1) is 15.3. The van der Waals surface area contributed by atoms with E-state index in [0.29, 0.717) is 31.2 Å². The third-order valence-corrected chi connectivity index (χ3v) is 3.47. The normalized spacial score (nSPS) is 17.2. The molecule has 1 saturated heterocycles. The van der Waals surface area contributed by atoms with Crippen molar-refractivity contribution < 1.29 is 19.4 Å². The van der Waals surface area contributed by atoms with Crippen LogP contribution < -0.4 is 10.6 Å². The molecule has 2 rings (SSSR count). The van der Waals surface area contributed by atoms with Crippen molar-refractivity contribution >= 4 is 12.0 Å². The third kappa shape index (κ3) is 4.45. The zero-order chi connectivity index (χ0) is 15.2. The van der Waals surface area contributed by atoms with Crippen molar-refractivity contribution in [2.24, 2.45) is 13.0 Å². The number of aryl methyl sites for hydroxylation is 1. The summed E-state index contributed by atoms with van der Waals surface area (Å²) < 4.78 is 6.74. The second kappa shape index (κ2) is 7.07. The van der Waals surface area contributed by atoms with Crippen LogP contribution in [0.4, 0.5) is 4.79 Å². The maximum Gasteiger partial charge on any atom is 0.331 e. The number of urea groups is 1. The van der Waals surface area contributed by atoms with Gasteiger partial charge in [-0.1, -0.05) is 0 Å². The molecule has 2 amide bonds. The van der Waals surface area contributed by atoms with Crippen LogP contribution in [0, 0.1) is 5.92 Å². The Hall–Kier alpha value is -2.09. The van der Waals surface area contributed by atoms with Gasteiger partial charge in [0.2, 0.25) is 0 Å². The second-order valence-electron chi connectivity index (χ2n) is 5.13. The number of nitrogens with one attached hydrogen (secondary N) is 2. The van der Waals surface area contributed by atoms with Crippen LogP contribution in [0.3, 0.4) is 0 Å².